The van der Waals surface area contributed by atoms with Crippen LogP contribution in [0.1, 0.15) is 27.8 Å². The molecule has 0 spiro atoms. The van der Waals surface area contributed by atoms with Crippen LogP contribution in [0.2, 0.25) is 0 Å². The Hall–Kier alpha value is -1.90. The highest BCUT2D eigenvalue weighted by molar-refractivity contribution is 6.46. The molecule has 16 heavy (non-hydrogen) atoms. The van der Waals surface area contributed by atoms with Crippen molar-refractivity contribution in [3.05, 3.63) is 47.5 Å². The second-order valence-corrected chi connectivity index (χ2v) is 4.15. The molecule has 1 aromatic rings. The number of carbonyl (C=O) groups is 2. The molecule has 3 rings (SSSR count). The molecule has 0 bridgehead atoms. The predicted octanol–water partition coefficient (Wildman–Crippen LogP) is 2.18. The van der Waals surface area contributed by atoms with Gasteiger partial charge >= 0.3 is 0 Å². The molecule has 80 valence electrons. The van der Waals surface area contributed by atoms with Gasteiger partial charge in [-0.2, -0.15) is 0 Å². The summed E-state index contributed by atoms with van der Waals surface area (Å²) in [7, 11) is 0. The number of hydrogen-bond donors (Lipinski definition) is 0. The van der Waals surface area contributed by atoms with Crippen molar-refractivity contribution in [2.75, 3.05) is 0 Å². The molecule has 3 heteroatoms. The van der Waals surface area contributed by atoms with Crippen molar-refractivity contribution in [1.29, 1.82) is 0 Å². The first-order chi connectivity index (χ1) is 7.68. The third kappa shape index (κ3) is 1.08. The van der Waals surface area contributed by atoms with Crippen LogP contribution in [0.5, 0.6) is 0 Å². The Labute approximate surface area is 92.4 Å². The maximum absolute atomic E-state index is 11.9. The van der Waals surface area contributed by atoms with Crippen molar-refractivity contribution in [3.63, 3.8) is 0 Å². The van der Waals surface area contributed by atoms with Crippen molar-refractivity contribution in [1.82, 2.24) is 0 Å². The lowest BCUT2D eigenvalue weighted by molar-refractivity contribution is -0.118. The summed E-state index contributed by atoms with van der Waals surface area (Å²) in [6, 6.07) is 1.65. The average molecular weight is 214 g/mol. The van der Waals surface area contributed by atoms with E-state index in [1.165, 1.54) is 0 Å². The van der Waals surface area contributed by atoms with Gasteiger partial charge in [0.2, 0.25) is 11.6 Å². The molecule has 0 aromatic carbocycles. The Bertz CT molecular complexity index is 546. The van der Waals surface area contributed by atoms with Crippen LogP contribution in [-0.4, -0.2) is 11.6 Å². The number of carbonyl (C=O) groups excluding carboxylic acids is 2. The number of ketones is 2. The topological polar surface area (TPSA) is 47.3 Å². The lowest BCUT2D eigenvalue weighted by Crippen LogP contribution is -2.33. The van der Waals surface area contributed by atoms with E-state index in [4.69, 9.17) is 4.42 Å². The van der Waals surface area contributed by atoms with Gasteiger partial charge in [0, 0.05) is 5.92 Å². The number of hydrogen-bond acceptors (Lipinski definition) is 3. The molecule has 2 unspecified atom stereocenters. The van der Waals surface area contributed by atoms with Crippen LogP contribution in [0.3, 0.4) is 0 Å². The number of rotatable bonds is 0. The fourth-order valence-corrected chi connectivity index (χ4v) is 2.35. The van der Waals surface area contributed by atoms with Gasteiger partial charge in [0.15, 0.2) is 0 Å². The predicted molar refractivity (Wildman–Crippen MR) is 57.3 cm³/mol. The zero-order chi connectivity index (χ0) is 11.3. The summed E-state index contributed by atoms with van der Waals surface area (Å²) < 4.78 is 5.54. The number of furan rings is 1. The molecule has 1 aromatic heterocycles. The quantitative estimate of drug-likeness (QED) is 0.622. The Morgan fingerprint density at radius 3 is 2.56 bits per heavy atom. The molecule has 2 aliphatic rings. The first-order valence-electron chi connectivity index (χ1n) is 5.22. The lowest BCUT2D eigenvalue weighted by atomic mass is 9.75. The van der Waals surface area contributed by atoms with Crippen LogP contribution < -0.4 is 0 Å². The van der Waals surface area contributed by atoms with Crippen LogP contribution in [-0.2, 0) is 4.79 Å². The van der Waals surface area contributed by atoms with Gasteiger partial charge in [-0.15, -0.1) is 0 Å². The van der Waals surface area contributed by atoms with E-state index in [1.54, 1.807) is 25.1 Å². The SMILES string of the molecule is Cc1cc2c(o1)C1C=CC=CC1C(=O)C2=O. The standard InChI is InChI=1S/C13H10O3/c1-7-6-10-12(15)11(14)8-4-2-3-5-9(8)13(10)16-7/h2-6,8-9H,1H3. The molecule has 1 heterocycles. The van der Waals surface area contributed by atoms with Crippen molar-refractivity contribution in [3.8, 4) is 0 Å². The summed E-state index contributed by atoms with van der Waals surface area (Å²) in [6.45, 7) is 1.79. The average Bonchev–Trinajstić information content (AvgIpc) is 2.68. The highest BCUT2D eigenvalue weighted by Crippen LogP contribution is 2.39. The summed E-state index contributed by atoms with van der Waals surface area (Å²) >= 11 is 0. The minimum Gasteiger partial charge on any atom is -0.465 e. The number of allylic oxidation sites excluding steroid dienone is 4. The third-order valence-electron chi connectivity index (χ3n) is 3.09. The summed E-state index contributed by atoms with van der Waals surface area (Å²) in [5, 5.41) is 0. The van der Waals surface area contributed by atoms with E-state index in [1.807, 2.05) is 12.2 Å². The fourth-order valence-electron chi connectivity index (χ4n) is 2.35. The molecule has 0 amide bonds. The summed E-state index contributed by atoms with van der Waals surface area (Å²) in [6.07, 6.45) is 7.36. The Morgan fingerprint density at radius 1 is 1.12 bits per heavy atom. The maximum atomic E-state index is 11.9. The Balaban J connectivity index is 2.23. The Kier molecular flexibility index (Phi) is 1.78. The van der Waals surface area contributed by atoms with E-state index in [-0.39, 0.29) is 17.6 Å². The molecule has 0 N–H and O–H groups in total. The van der Waals surface area contributed by atoms with Gasteiger partial charge in [0.05, 0.1) is 11.5 Å². The highest BCUT2D eigenvalue weighted by Gasteiger charge is 2.41. The molecule has 0 fully saturated rings. The lowest BCUT2D eigenvalue weighted by Gasteiger charge is -2.25. The first kappa shape index (κ1) is 9.33. The van der Waals surface area contributed by atoms with Crippen LogP contribution >= 0.6 is 0 Å². The van der Waals surface area contributed by atoms with Gasteiger partial charge in [0.25, 0.3) is 0 Å². The fraction of sp³-hybridized carbons (Fsp3) is 0.231. The van der Waals surface area contributed by atoms with Gasteiger partial charge in [-0.3, -0.25) is 9.59 Å². The largest absolute Gasteiger partial charge is 0.465 e. The van der Waals surface area contributed by atoms with E-state index in [0.717, 1.165) is 0 Å². The van der Waals surface area contributed by atoms with Crippen LogP contribution in [0.25, 0.3) is 0 Å². The van der Waals surface area contributed by atoms with Crippen LogP contribution in [0.4, 0.5) is 0 Å². The first-order valence-corrected chi connectivity index (χ1v) is 5.22. The van der Waals surface area contributed by atoms with E-state index in [9.17, 15) is 9.59 Å². The van der Waals surface area contributed by atoms with Gasteiger partial charge < -0.3 is 4.42 Å². The molecule has 3 nitrogen and oxygen atoms in total. The Morgan fingerprint density at radius 2 is 1.81 bits per heavy atom. The van der Waals surface area contributed by atoms with E-state index >= 15 is 0 Å². The molecule has 0 saturated heterocycles. The summed E-state index contributed by atoms with van der Waals surface area (Å²) in [5.74, 6) is 0.0591. The number of fused-ring (bicyclic) bond motifs is 3. The minimum atomic E-state index is -0.423. The van der Waals surface area contributed by atoms with Gasteiger partial charge in [-0.1, -0.05) is 24.3 Å². The number of Topliss-reactive ketones (excluding diaryl/α,β-unsaturated/α-hetero) is 2. The molecule has 2 aliphatic carbocycles. The van der Waals surface area contributed by atoms with Gasteiger partial charge in [-0.05, 0) is 13.0 Å². The second kappa shape index (κ2) is 3.04. The van der Waals surface area contributed by atoms with Gasteiger partial charge in [-0.25, -0.2) is 0 Å². The van der Waals surface area contributed by atoms with Crippen LogP contribution in [0, 0.1) is 12.8 Å². The van der Waals surface area contributed by atoms with Crippen molar-refractivity contribution in [2.24, 2.45) is 5.92 Å². The molecular formula is C13H10O3. The highest BCUT2D eigenvalue weighted by atomic mass is 16.3. The van der Waals surface area contributed by atoms with Crippen LogP contribution in [0.15, 0.2) is 34.8 Å². The maximum Gasteiger partial charge on any atom is 0.232 e. The zero-order valence-electron chi connectivity index (χ0n) is 8.77. The summed E-state index contributed by atoms with van der Waals surface area (Å²) in [5.41, 5.74) is 0.434. The third-order valence-corrected chi connectivity index (χ3v) is 3.09. The van der Waals surface area contributed by atoms with Crippen molar-refractivity contribution in [2.45, 2.75) is 12.8 Å². The van der Waals surface area contributed by atoms with E-state index < -0.39 is 5.78 Å². The van der Waals surface area contributed by atoms with Crippen molar-refractivity contribution >= 4 is 11.6 Å². The van der Waals surface area contributed by atoms with Gasteiger partial charge in [0.1, 0.15) is 11.5 Å². The monoisotopic (exact) mass is 214 g/mol. The zero-order valence-corrected chi connectivity index (χ0v) is 8.77. The van der Waals surface area contributed by atoms with Crippen molar-refractivity contribution < 1.29 is 14.0 Å². The normalized spacial score (nSPS) is 26.8. The molecule has 0 radical (unpaired) electrons. The molecular weight excluding hydrogens is 204 g/mol. The number of aryl methyl sites for hydroxylation is 1. The van der Waals surface area contributed by atoms with E-state index in [0.29, 0.717) is 17.1 Å². The minimum absolute atomic E-state index is 0.112. The molecule has 0 aliphatic heterocycles. The molecule has 0 saturated carbocycles. The summed E-state index contributed by atoms with van der Waals surface area (Å²) in [4.78, 5) is 23.7. The molecule has 2 atom stereocenters. The smallest absolute Gasteiger partial charge is 0.232 e. The van der Waals surface area contributed by atoms with E-state index in [2.05, 4.69) is 0 Å². The second-order valence-electron chi connectivity index (χ2n) is 4.15.